The molecule has 0 radical (unpaired) electrons. The van der Waals surface area contributed by atoms with Crippen molar-refractivity contribution >= 4 is 10.1 Å². The summed E-state index contributed by atoms with van der Waals surface area (Å²) in [5.41, 5.74) is 0. The second-order valence-electron chi connectivity index (χ2n) is 4.50. The smallest absolute Gasteiger partial charge is 0.264 e. The summed E-state index contributed by atoms with van der Waals surface area (Å²) in [5, 5.41) is 0. The summed E-state index contributed by atoms with van der Waals surface area (Å²) in [5.74, 6) is 0. The maximum atomic E-state index is 10.8. The zero-order valence-corrected chi connectivity index (χ0v) is 11.9. The van der Waals surface area contributed by atoms with Crippen molar-refractivity contribution < 1.29 is 22.1 Å². The van der Waals surface area contributed by atoms with Crippen molar-refractivity contribution in [1.82, 2.24) is 4.90 Å². The number of hydrogen-bond donors (Lipinski definition) is 0. The topological polar surface area (TPSA) is 65.1 Å². The molecule has 0 aliphatic carbocycles. The largest absolute Gasteiger partial charge is 0.353 e. The molecule has 6 nitrogen and oxygen atoms in total. The minimum absolute atomic E-state index is 0.0700. The maximum Gasteiger partial charge on any atom is 0.264 e. The molecule has 1 fully saturated rings. The number of nitrogens with zero attached hydrogens (tertiary/aromatic N) is 1. The fourth-order valence-corrected chi connectivity index (χ4v) is 2.02. The molecule has 18 heavy (non-hydrogen) atoms. The van der Waals surface area contributed by atoms with Crippen LogP contribution in [0, 0.1) is 0 Å². The molecule has 0 aromatic carbocycles. The zero-order chi connectivity index (χ0) is 13.4. The van der Waals surface area contributed by atoms with Gasteiger partial charge in [0.05, 0.1) is 19.5 Å². The molecule has 1 aliphatic rings. The second-order valence-corrected chi connectivity index (χ2v) is 6.14. The Labute approximate surface area is 109 Å². The summed E-state index contributed by atoms with van der Waals surface area (Å²) in [6.07, 6.45) is 4.21. The van der Waals surface area contributed by atoms with E-state index in [0.29, 0.717) is 13.2 Å². The van der Waals surface area contributed by atoms with E-state index >= 15 is 0 Å². The van der Waals surface area contributed by atoms with Gasteiger partial charge in [0.25, 0.3) is 10.1 Å². The van der Waals surface area contributed by atoms with Gasteiger partial charge in [-0.2, -0.15) is 8.42 Å². The summed E-state index contributed by atoms with van der Waals surface area (Å²) < 4.78 is 37.2. The van der Waals surface area contributed by atoms with Crippen LogP contribution in [0.5, 0.6) is 0 Å². The molecule has 1 aliphatic heterocycles. The normalized spacial score (nSPS) is 21.4. The van der Waals surface area contributed by atoms with Crippen LogP contribution in [0.1, 0.15) is 19.3 Å². The Morgan fingerprint density at radius 2 is 2.00 bits per heavy atom. The van der Waals surface area contributed by atoms with Crippen molar-refractivity contribution in [2.75, 3.05) is 46.2 Å². The Hall–Kier alpha value is -0.210. The molecule has 0 spiro atoms. The maximum absolute atomic E-state index is 10.8. The molecule has 0 bridgehead atoms. The Morgan fingerprint density at radius 3 is 2.61 bits per heavy atom. The molecule has 1 unspecified atom stereocenters. The molecule has 1 saturated heterocycles. The van der Waals surface area contributed by atoms with Crippen molar-refractivity contribution in [2.45, 2.75) is 25.6 Å². The fourth-order valence-electron chi connectivity index (χ4n) is 1.64. The third kappa shape index (κ3) is 7.99. The first-order valence-electron chi connectivity index (χ1n) is 6.23. The van der Waals surface area contributed by atoms with Crippen LogP contribution < -0.4 is 0 Å². The van der Waals surface area contributed by atoms with E-state index in [2.05, 4.69) is 4.18 Å². The first kappa shape index (κ1) is 15.8. The standard InChI is InChI=1S/C11H23NO5S/c1-12(7-10-17-18(2,13)14)6-9-16-11-5-3-4-8-15-11/h11H,3-10H2,1-2H3. The lowest BCUT2D eigenvalue weighted by Gasteiger charge is -2.24. The molecule has 0 aromatic heterocycles. The molecule has 1 rings (SSSR count). The lowest BCUT2D eigenvalue weighted by Crippen LogP contribution is -2.30. The highest BCUT2D eigenvalue weighted by atomic mass is 32.2. The Balaban J connectivity index is 2.00. The van der Waals surface area contributed by atoms with E-state index in [4.69, 9.17) is 9.47 Å². The van der Waals surface area contributed by atoms with Gasteiger partial charge in [-0.15, -0.1) is 0 Å². The van der Waals surface area contributed by atoms with Crippen molar-refractivity contribution in [3.05, 3.63) is 0 Å². The van der Waals surface area contributed by atoms with Gasteiger partial charge >= 0.3 is 0 Å². The molecule has 0 saturated carbocycles. The van der Waals surface area contributed by atoms with E-state index in [1.54, 1.807) is 0 Å². The first-order chi connectivity index (χ1) is 8.47. The third-order valence-electron chi connectivity index (χ3n) is 2.69. The summed E-state index contributed by atoms with van der Waals surface area (Å²) in [6, 6.07) is 0. The van der Waals surface area contributed by atoms with E-state index in [-0.39, 0.29) is 12.9 Å². The number of ether oxygens (including phenoxy) is 2. The van der Waals surface area contributed by atoms with Gasteiger partial charge in [-0.25, -0.2) is 0 Å². The zero-order valence-electron chi connectivity index (χ0n) is 11.1. The van der Waals surface area contributed by atoms with Crippen molar-refractivity contribution in [3.8, 4) is 0 Å². The van der Waals surface area contributed by atoms with E-state index in [9.17, 15) is 8.42 Å². The van der Waals surface area contributed by atoms with Gasteiger partial charge in [0.2, 0.25) is 0 Å². The summed E-state index contributed by atoms with van der Waals surface area (Å²) in [7, 11) is -1.44. The Kier molecular flexibility index (Phi) is 7.10. The van der Waals surface area contributed by atoms with Crippen LogP contribution in [0.3, 0.4) is 0 Å². The number of rotatable bonds is 8. The summed E-state index contributed by atoms with van der Waals surface area (Å²) in [4.78, 5) is 1.97. The molecule has 1 atom stereocenters. The second kappa shape index (κ2) is 8.06. The van der Waals surface area contributed by atoms with Crippen molar-refractivity contribution in [3.63, 3.8) is 0 Å². The Bertz CT molecular complexity index is 313. The van der Waals surface area contributed by atoms with Gasteiger partial charge in [0.1, 0.15) is 0 Å². The summed E-state index contributed by atoms with van der Waals surface area (Å²) in [6.45, 7) is 2.83. The third-order valence-corrected chi connectivity index (χ3v) is 3.28. The minimum Gasteiger partial charge on any atom is -0.353 e. The Morgan fingerprint density at radius 1 is 1.28 bits per heavy atom. The predicted octanol–water partition coefficient (Wildman–Crippen LogP) is 0.438. The molecule has 1 heterocycles. The van der Waals surface area contributed by atoms with Crippen LogP contribution in [0.2, 0.25) is 0 Å². The van der Waals surface area contributed by atoms with E-state index in [1.807, 2.05) is 11.9 Å². The van der Waals surface area contributed by atoms with E-state index in [0.717, 1.165) is 38.7 Å². The van der Waals surface area contributed by atoms with Crippen LogP contribution in [0.25, 0.3) is 0 Å². The molecule has 108 valence electrons. The van der Waals surface area contributed by atoms with Crippen molar-refractivity contribution in [2.24, 2.45) is 0 Å². The molecule has 0 N–H and O–H groups in total. The van der Waals surface area contributed by atoms with Crippen LogP contribution >= 0.6 is 0 Å². The SMILES string of the molecule is CN(CCOC1CCCCO1)CCOS(C)(=O)=O. The van der Waals surface area contributed by atoms with Crippen LogP contribution in [-0.4, -0.2) is 65.8 Å². The van der Waals surface area contributed by atoms with Gasteiger partial charge in [-0.3, -0.25) is 4.18 Å². The van der Waals surface area contributed by atoms with Crippen LogP contribution in [0.15, 0.2) is 0 Å². The molecule has 0 aromatic rings. The highest BCUT2D eigenvalue weighted by Crippen LogP contribution is 2.13. The fraction of sp³-hybridized carbons (Fsp3) is 1.00. The number of likely N-dealkylation sites (N-methyl/N-ethyl adjacent to an activating group) is 1. The summed E-state index contributed by atoms with van der Waals surface area (Å²) >= 11 is 0. The average molecular weight is 281 g/mol. The van der Waals surface area contributed by atoms with E-state index < -0.39 is 10.1 Å². The monoisotopic (exact) mass is 281 g/mol. The average Bonchev–Trinajstić information content (AvgIpc) is 2.28. The minimum atomic E-state index is -3.34. The van der Waals surface area contributed by atoms with Gasteiger partial charge in [-0.05, 0) is 26.3 Å². The predicted molar refractivity (Wildman–Crippen MR) is 67.8 cm³/mol. The van der Waals surface area contributed by atoms with Gasteiger partial charge < -0.3 is 14.4 Å². The number of hydrogen-bond acceptors (Lipinski definition) is 6. The quantitative estimate of drug-likeness (QED) is 0.601. The lowest BCUT2D eigenvalue weighted by atomic mass is 10.2. The molecule has 0 amide bonds. The van der Waals surface area contributed by atoms with Gasteiger partial charge in [0.15, 0.2) is 6.29 Å². The van der Waals surface area contributed by atoms with Gasteiger partial charge in [0, 0.05) is 19.7 Å². The van der Waals surface area contributed by atoms with Crippen molar-refractivity contribution in [1.29, 1.82) is 0 Å². The highest BCUT2D eigenvalue weighted by molar-refractivity contribution is 7.85. The van der Waals surface area contributed by atoms with Crippen LogP contribution in [-0.2, 0) is 23.8 Å². The molecular weight excluding hydrogens is 258 g/mol. The molecular formula is C11H23NO5S. The molecule has 7 heteroatoms. The van der Waals surface area contributed by atoms with Crippen LogP contribution in [0.4, 0.5) is 0 Å². The first-order valence-corrected chi connectivity index (χ1v) is 8.05. The van der Waals surface area contributed by atoms with Gasteiger partial charge in [-0.1, -0.05) is 0 Å². The van der Waals surface area contributed by atoms with E-state index in [1.165, 1.54) is 0 Å². The highest BCUT2D eigenvalue weighted by Gasteiger charge is 2.13. The lowest BCUT2D eigenvalue weighted by molar-refractivity contribution is -0.163.